The second kappa shape index (κ2) is 5.21. The van der Waals surface area contributed by atoms with Gasteiger partial charge in [-0.15, -0.1) is 0 Å². The van der Waals surface area contributed by atoms with Gasteiger partial charge in [0, 0.05) is 5.56 Å². The molecule has 0 amide bonds. The smallest absolute Gasteiger partial charge is 0.0735 e. The summed E-state index contributed by atoms with van der Waals surface area (Å²) in [7, 11) is 0. The van der Waals surface area contributed by atoms with Crippen LogP contribution in [0.5, 0.6) is 0 Å². The molecular weight excluding hydrogens is 220 g/mol. The maximum atomic E-state index is 5.77. The number of hydrogen-bond donors (Lipinski definition) is 1. The minimum absolute atomic E-state index is 0.723. The van der Waals surface area contributed by atoms with Crippen LogP contribution < -0.4 is 5.73 Å². The number of pyridine rings is 1. The molecule has 1 heterocycles. The summed E-state index contributed by atoms with van der Waals surface area (Å²) in [5.41, 5.74) is 12.6. The van der Waals surface area contributed by atoms with Gasteiger partial charge in [-0.1, -0.05) is 26.0 Å². The summed E-state index contributed by atoms with van der Waals surface area (Å²) in [6.45, 7) is 6.42. The van der Waals surface area contributed by atoms with Crippen LogP contribution >= 0.6 is 0 Å². The van der Waals surface area contributed by atoms with Crippen LogP contribution in [0.15, 0.2) is 30.5 Å². The van der Waals surface area contributed by atoms with Crippen LogP contribution in [-0.2, 0) is 12.8 Å². The van der Waals surface area contributed by atoms with Crippen LogP contribution in [0.4, 0.5) is 5.69 Å². The van der Waals surface area contributed by atoms with Crippen molar-refractivity contribution in [2.45, 2.75) is 33.6 Å². The van der Waals surface area contributed by atoms with Crippen LogP contribution in [0.25, 0.3) is 11.3 Å². The highest BCUT2D eigenvalue weighted by Crippen LogP contribution is 2.27. The summed E-state index contributed by atoms with van der Waals surface area (Å²) >= 11 is 0. The van der Waals surface area contributed by atoms with Gasteiger partial charge in [-0.3, -0.25) is 4.98 Å². The number of aryl methyl sites for hydroxylation is 3. The largest absolute Gasteiger partial charge is 0.397 e. The van der Waals surface area contributed by atoms with E-state index in [-0.39, 0.29) is 0 Å². The van der Waals surface area contributed by atoms with Gasteiger partial charge in [-0.05, 0) is 48.6 Å². The van der Waals surface area contributed by atoms with Crippen molar-refractivity contribution in [2.24, 2.45) is 0 Å². The lowest BCUT2D eigenvalue weighted by molar-refractivity contribution is 1.09. The van der Waals surface area contributed by atoms with Gasteiger partial charge >= 0.3 is 0 Å². The van der Waals surface area contributed by atoms with Crippen molar-refractivity contribution in [3.63, 3.8) is 0 Å². The molecule has 2 N–H and O–H groups in total. The third-order valence-electron chi connectivity index (χ3n) is 3.32. The van der Waals surface area contributed by atoms with Crippen LogP contribution in [0, 0.1) is 6.92 Å². The van der Waals surface area contributed by atoms with E-state index >= 15 is 0 Å². The number of nitrogens with two attached hydrogens (primary N) is 1. The fourth-order valence-corrected chi connectivity index (χ4v) is 2.25. The van der Waals surface area contributed by atoms with Crippen LogP contribution in [0.3, 0.4) is 0 Å². The third-order valence-corrected chi connectivity index (χ3v) is 3.32. The zero-order valence-corrected chi connectivity index (χ0v) is 11.3. The van der Waals surface area contributed by atoms with E-state index in [2.05, 4.69) is 44.0 Å². The second-order valence-electron chi connectivity index (χ2n) is 4.63. The third kappa shape index (κ3) is 2.37. The van der Waals surface area contributed by atoms with Gasteiger partial charge < -0.3 is 5.73 Å². The van der Waals surface area contributed by atoms with Crippen molar-refractivity contribution < 1.29 is 0 Å². The summed E-state index contributed by atoms with van der Waals surface area (Å²) in [5, 5.41) is 0. The monoisotopic (exact) mass is 240 g/mol. The number of anilines is 1. The predicted octanol–water partition coefficient (Wildman–Crippen LogP) is 3.76. The van der Waals surface area contributed by atoms with Crippen molar-refractivity contribution in [3.05, 3.63) is 47.2 Å². The van der Waals surface area contributed by atoms with E-state index < -0.39 is 0 Å². The van der Waals surface area contributed by atoms with E-state index in [0.717, 1.165) is 29.8 Å². The Kier molecular flexibility index (Phi) is 3.66. The average Bonchev–Trinajstić information content (AvgIpc) is 2.38. The molecule has 2 heteroatoms. The molecule has 0 aliphatic heterocycles. The molecule has 94 valence electrons. The molecule has 0 spiro atoms. The molecule has 1 aromatic carbocycles. The fourth-order valence-electron chi connectivity index (χ4n) is 2.25. The maximum absolute atomic E-state index is 5.77. The number of nitrogens with zero attached hydrogens (tertiary/aromatic N) is 1. The quantitative estimate of drug-likeness (QED) is 0.887. The molecule has 0 atom stereocenters. The molecule has 1 aromatic heterocycles. The van der Waals surface area contributed by atoms with Crippen LogP contribution in [0.1, 0.15) is 30.5 Å². The van der Waals surface area contributed by atoms with Gasteiger partial charge in [0.15, 0.2) is 0 Å². The molecule has 0 saturated carbocycles. The molecule has 0 bridgehead atoms. The Hall–Kier alpha value is -1.83. The molecule has 2 rings (SSSR count). The standard InChI is InChI=1S/C16H20N2/c1-4-12-6-7-13(5-2)15(9-12)16-11(3)8-14(17)10-18-16/h6-10H,4-5,17H2,1-3H3. The van der Waals surface area contributed by atoms with E-state index in [9.17, 15) is 0 Å². The SMILES string of the molecule is CCc1ccc(CC)c(-c2ncc(N)cc2C)c1. The normalized spacial score (nSPS) is 10.6. The predicted molar refractivity (Wildman–Crippen MR) is 77.6 cm³/mol. The van der Waals surface area contributed by atoms with Gasteiger partial charge in [-0.25, -0.2) is 0 Å². The first kappa shape index (κ1) is 12.6. The van der Waals surface area contributed by atoms with E-state index in [1.165, 1.54) is 16.7 Å². The molecule has 0 radical (unpaired) electrons. The van der Waals surface area contributed by atoms with Gasteiger partial charge in [0.2, 0.25) is 0 Å². The lowest BCUT2D eigenvalue weighted by Crippen LogP contribution is -1.97. The summed E-state index contributed by atoms with van der Waals surface area (Å²) in [4.78, 5) is 4.51. The van der Waals surface area contributed by atoms with Crippen LogP contribution in [-0.4, -0.2) is 4.98 Å². The summed E-state index contributed by atoms with van der Waals surface area (Å²) < 4.78 is 0. The lowest BCUT2D eigenvalue weighted by Gasteiger charge is -2.12. The van der Waals surface area contributed by atoms with Gasteiger partial charge in [0.1, 0.15) is 0 Å². The Morgan fingerprint density at radius 1 is 1.11 bits per heavy atom. The summed E-state index contributed by atoms with van der Waals surface area (Å²) in [6, 6.07) is 8.66. The average molecular weight is 240 g/mol. The van der Waals surface area contributed by atoms with E-state index in [1.807, 2.05) is 6.07 Å². The van der Waals surface area contributed by atoms with Gasteiger partial charge in [0.05, 0.1) is 17.6 Å². The summed E-state index contributed by atoms with van der Waals surface area (Å²) in [6.07, 6.45) is 3.80. The molecule has 2 aromatic rings. The molecule has 0 aliphatic carbocycles. The first-order chi connectivity index (χ1) is 8.65. The first-order valence-electron chi connectivity index (χ1n) is 6.50. The number of nitrogen functional groups attached to an aromatic ring is 1. The Morgan fingerprint density at radius 3 is 2.50 bits per heavy atom. The van der Waals surface area contributed by atoms with Crippen molar-refractivity contribution in [1.29, 1.82) is 0 Å². The number of rotatable bonds is 3. The molecule has 18 heavy (non-hydrogen) atoms. The van der Waals surface area contributed by atoms with E-state index in [0.29, 0.717) is 0 Å². The highest BCUT2D eigenvalue weighted by molar-refractivity contribution is 5.69. The fraction of sp³-hybridized carbons (Fsp3) is 0.312. The van der Waals surface area contributed by atoms with Crippen LogP contribution in [0.2, 0.25) is 0 Å². The topological polar surface area (TPSA) is 38.9 Å². The number of benzene rings is 1. The molecule has 2 nitrogen and oxygen atoms in total. The van der Waals surface area contributed by atoms with Crippen molar-refractivity contribution >= 4 is 5.69 Å². The highest BCUT2D eigenvalue weighted by Gasteiger charge is 2.09. The van der Waals surface area contributed by atoms with Gasteiger partial charge in [-0.2, -0.15) is 0 Å². The molecular formula is C16H20N2. The Morgan fingerprint density at radius 2 is 1.89 bits per heavy atom. The van der Waals surface area contributed by atoms with Crippen molar-refractivity contribution in [1.82, 2.24) is 4.98 Å². The van der Waals surface area contributed by atoms with E-state index in [1.54, 1.807) is 6.20 Å². The zero-order valence-electron chi connectivity index (χ0n) is 11.3. The first-order valence-corrected chi connectivity index (χ1v) is 6.50. The number of hydrogen-bond acceptors (Lipinski definition) is 2. The molecule has 0 unspecified atom stereocenters. The number of aromatic nitrogens is 1. The minimum Gasteiger partial charge on any atom is -0.397 e. The molecule has 0 aliphatic rings. The molecule has 0 fully saturated rings. The van der Waals surface area contributed by atoms with E-state index in [4.69, 9.17) is 5.73 Å². The highest BCUT2D eigenvalue weighted by atomic mass is 14.7. The van der Waals surface area contributed by atoms with Crippen molar-refractivity contribution in [3.8, 4) is 11.3 Å². The zero-order chi connectivity index (χ0) is 13.1. The lowest BCUT2D eigenvalue weighted by atomic mass is 9.96. The Bertz CT molecular complexity index is 559. The molecule has 0 saturated heterocycles. The van der Waals surface area contributed by atoms with Crippen molar-refractivity contribution in [2.75, 3.05) is 5.73 Å². The minimum atomic E-state index is 0.723. The maximum Gasteiger partial charge on any atom is 0.0735 e. The second-order valence-corrected chi connectivity index (χ2v) is 4.63. The Balaban J connectivity index is 2.60. The van der Waals surface area contributed by atoms with Gasteiger partial charge in [0.25, 0.3) is 0 Å². The Labute approximate surface area is 109 Å². The summed E-state index contributed by atoms with van der Waals surface area (Å²) in [5.74, 6) is 0.